The molecule has 0 aliphatic rings. The lowest BCUT2D eigenvalue weighted by Gasteiger charge is -2.12. The molecule has 0 fully saturated rings. The van der Waals surface area contributed by atoms with Crippen LogP contribution in [-0.4, -0.2) is 23.5 Å². The first kappa shape index (κ1) is 22.4. The van der Waals surface area contributed by atoms with Crippen molar-refractivity contribution in [1.29, 1.82) is 0 Å². The zero-order chi connectivity index (χ0) is 23.4. The van der Waals surface area contributed by atoms with Crippen LogP contribution in [0, 0.1) is 12.7 Å². The van der Waals surface area contributed by atoms with Crippen molar-refractivity contribution in [3.63, 3.8) is 0 Å². The van der Waals surface area contributed by atoms with Crippen LogP contribution < -0.4 is 10.1 Å². The molecule has 8 heteroatoms. The Morgan fingerprint density at radius 1 is 1.15 bits per heavy atom. The lowest BCUT2D eigenvalue weighted by atomic mass is 10.1. The predicted molar refractivity (Wildman–Crippen MR) is 125 cm³/mol. The summed E-state index contributed by atoms with van der Waals surface area (Å²) < 4.78 is 25.4. The molecule has 0 saturated heterocycles. The summed E-state index contributed by atoms with van der Waals surface area (Å²) in [6.07, 6.45) is 3.21. The number of halogens is 1. The third-order valence-electron chi connectivity index (χ3n) is 4.97. The molecule has 0 aliphatic carbocycles. The number of benzene rings is 2. The summed E-state index contributed by atoms with van der Waals surface area (Å²) in [7, 11) is 0. The number of pyridine rings is 1. The van der Waals surface area contributed by atoms with Gasteiger partial charge in [-0.2, -0.15) is 0 Å². The second-order valence-corrected chi connectivity index (χ2v) is 8.16. The fourth-order valence-corrected chi connectivity index (χ4v) is 4.31. The summed E-state index contributed by atoms with van der Waals surface area (Å²) >= 11 is 1.44. The molecule has 0 spiro atoms. The number of thiophene rings is 1. The van der Waals surface area contributed by atoms with Crippen LogP contribution in [0.1, 0.15) is 38.8 Å². The Morgan fingerprint density at radius 3 is 2.79 bits per heavy atom. The number of hydrogen-bond donors (Lipinski definition) is 1. The molecule has 0 radical (unpaired) electrons. The van der Waals surface area contributed by atoms with Gasteiger partial charge in [0.25, 0.3) is 5.91 Å². The second kappa shape index (κ2) is 9.79. The summed E-state index contributed by atoms with van der Waals surface area (Å²) in [4.78, 5) is 28.8. The molecule has 4 aromatic rings. The molecule has 2 aromatic heterocycles. The number of aromatic nitrogens is 1. The number of esters is 1. The van der Waals surface area contributed by atoms with Gasteiger partial charge in [0.2, 0.25) is 0 Å². The number of fused-ring (bicyclic) bond motifs is 1. The fraction of sp³-hybridized carbons (Fsp3) is 0.160. The van der Waals surface area contributed by atoms with Crippen molar-refractivity contribution in [1.82, 2.24) is 4.98 Å². The molecule has 2 heterocycles. The first-order valence-electron chi connectivity index (χ1n) is 10.3. The van der Waals surface area contributed by atoms with Crippen LogP contribution in [0.5, 0.6) is 5.75 Å². The van der Waals surface area contributed by atoms with Crippen molar-refractivity contribution in [2.24, 2.45) is 0 Å². The third kappa shape index (κ3) is 5.01. The molecule has 0 bridgehead atoms. The van der Waals surface area contributed by atoms with E-state index in [0.717, 1.165) is 21.2 Å². The molecule has 168 valence electrons. The number of anilines is 1. The minimum absolute atomic E-state index is 0.229. The van der Waals surface area contributed by atoms with Crippen LogP contribution in [-0.2, 0) is 11.3 Å². The number of nitrogens with zero attached hydrogens (tertiary/aromatic N) is 1. The lowest BCUT2D eigenvalue weighted by molar-refractivity contribution is 0.0528. The lowest BCUT2D eigenvalue weighted by Crippen LogP contribution is -2.12. The highest BCUT2D eigenvalue weighted by atomic mass is 32.1. The van der Waals surface area contributed by atoms with Crippen molar-refractivity contribution in [2.75, 3.05) is 11.9 Å². The average Bonchev–Trinajstić information content (AvgIpc) is 3.22. The molecule has 0 unspecified atom stereocenters. The van der Waals surface area contributed by atoms with Gasteiger partial charge in [-0.25, -0.2) is 9.18 Å². The number of nitrogens with one attached hydrogen (secondary N) is 1. The maximum Gasteiger partial charge on any atom is 0.341 e. The Morgan fingerprint density at radius 2 is 2.00 bits per heavy atom. The summed E-state index contributed by atoms with van der Waals surface area (Å²) in [6.45, 7) is 4.22. The summed E-state index contributed by atoms with van der Waals surface area (Å²) in [6, 6.07) is 10.8. The normalized spacial score (nSPS) is 10.8. The summed E-state index contributed by atoms with van der Waals surface area (Å²) in [5, 5.41) is 5.53. The number of hydrogen-bond acceptors (Lipinski definition) is 6. The third-order valence-corrected chi connectivity index (χ3v) is 6.05. The Balaban J connectivity index is 1.51. The zero-order valence-corrected chi connectivity index (χ0v) is 18.9. The Bertz CT molecular complexity index is 1340. The van der Waals surface area contributed by atoms with Gasteiger partial charge in [0.05, 0.1) is 16.9 Å². The first-order valence-corrected chi connectivity index (χ1v) is 11.2. The highest BCUT2D eigenvalue weighted by Crippen LogP contribution is 2.31. The van der Waals surface area contributed by atoms with Crippen molar-refractivity contribution in [3.05, 3.63) is 88.3 Å². The number of rotatable bonds is 7. The number of aryl methyl sites for hydroxylation is 1. The largest absolute Gasteiger partial charge is 0.489 e. The highest BCUT2D eigenvalue weighted by Gasteiger charge is 2.16. The van der Waals surface area contributed by atoms with Gasteiger partial charge < -0.3 is 14.8 Å². The molecule has 0 saturated carbocycles. The molecule has 0 aliphatic heterocycles. The average molecular weight is 465 g/mol. The maximum atomic E-state index is 13.4. The van der Waals surface area contributed by atoms with Gasteiger partial charge in [0.1, 0.15) is 18.2 Å². The first-order chi connectivity index (χ1) is 16.0. The van der Waals surface area contributed by atoms with Gasteiger partial charge in [-0.1, -0.05) is 12.1 Å². The maximum absolute atomic E-state index is 13.4. The van der Waals surface area contributed by atoms with Gasteiger partial charge in [-0.05, 0) is 49.1 Å². The Kier molecular flexibility index (Phi) is 6.65. The molecule has 2 aromatic carbocycles. The van der Waals surface area contributed by atoms with E-state index in [9.17, 15) is 14.0 Å². The van der Waals surface area contributed by atoms with Gasteiger partial charge in [0.15, 0.2) is 0 Å². The number of ether oxygens (including phenoxy) is 2. The van der Waals surface area contributed by atoms with Gasteiger partial charge in [0, 0.05) is 40.7 Å². The quantitative estimate of drug-likeness (QED) is 0.352. The van der Waals surface area contributed by atoms with Crippen LogP contribution in [0.3, 0.4) is 0 Å². The molecule has 4 rings (SSSR count). The van der Waals surface area contributed by atoms with Crippen LogP contribution in [0.4, 0.5) is 10.1 Å². The smallest absolute Gasteiger partial charge is 0.341 e. The SMILES string of the molecule is CCOC(=O)c1cncc2c(COc3cc(NC(=O)c4cccc(F)c4)ccc3C)csc12. The van der Waals surface area contributed by atoms with Gasteiger partial charge in [-0.15, -0.1) is 11.3 Å². The minimum atomic E-state index is -0.473. The van der Waals surface area contributed by atoms with E-state index < -0.39 is 17.7 Å². The van der Waals surface area contributed by atoms with Crippen LogP contribution >= 0.6 is 11.3 Å². The van der Waals surface area contributed by atoms with Crippen molar-refractivity contribution in [3.8, 4) is 5.75 Å². The van der Waals surface area contributed by atoms with Crippen molar-refractivity contribution < 1.29 is 23.5 Å². The van der Waals surface area contributed by atoms with E-state index in [-0.39, 0.29) is 12.2 Å². The molecule has 1 amide bonds. The second-order valence-electron chi connectivity index (χ2n) is 7.28. The molecule has 1 N–H and O–H groups in total. The van der Waals surface area contributed by atoms with E-state index in [1.807, 2.05) is 18.4 Å². The van der Waals surface area contributed by atoms with E-state index in [2.05, 4.69) is 10.3 Å². The fourth-order valence-electron chi connectivity index (χ4n) is 3.29. The standard InChI is InChI=1S/C25H21FN2O4S/c1-3-31-25(30)21-12-27-11-20-17(14-33-23(20)21)13-32-22-10-19(8-7-15(22)2)28-24(29)16-5-4-6-18(26)9-16/h4-12,14H,3,13H2,1-2H3,(H,28,29). The Labute approximate surface area is 194 Å². The Hall–Kier alpha value is -3.78. The molecule has 0 atom stereocenters. The molecular weight excluding hydrogens is 443 g/mol. The topological polar surface area (TPSA) is 77.5 Å². The van der Waals surface area contributed by atoms with Gasteiger partial charge in [-0.3, -0.25) is 9.78 Å². The number of amides is 1. The van der Waals surface area contributed by atoms with E-state index >= 15 is 0 Å². The van der Waals surface area contributed by atoms with Crippen molar-refractivity contribution in [2.45, 2.75) is 20.5 Å². The monoisotopic (exact) mass is 464 g/mol. The number of carbonyl (C=O) groups is 2. The van der Waals surface area contributed by atoms with E-state index in [4.69, 9.17) is 9.47 Å². The van der Waals surface area contributed by atoms with E-state index in [1.165, 1.54) is 35.7 Å². The number of carbonyl (C=O) groups excluding carboxylic acids is 2. The van der Waals surface area contributed by atoms with Gasteiger partial charge >= 0.3 is 5.97 Å². The molecule has 6 nitrogen and oxygen atoms in total. The highest BCUT2D eigenvalue weighted by molar-refractivity contribution is 7.17. The van der Waals surface area contributed by atoms with Crippen molar-refractivity contribution >= 4 is 39.0 Å². The molecular formula is C25H21FN2O4S. The van der Waals surface area contributed by atoms with Crippen LogP contribution in [0.25, 0.3) is 10.1 Å². The van der Waals surface area contributed by atoms with E-state index in [1.54, 1.807) is 31.3 Å². The van der Waals surface area contributed by atoms with Crippen LogP contribution in [0.2, 0.25) is 0 Å². The zero-order valence-electron chi connectivity index (χ0n) is 18.1. The predicted octanol–water partition coefficient (Wildman–Crippen LogP) is 5.75. The minimum Gasteiger partial charge on any atom is -0.489 e. The summed E-state index contributed by atoms with van der Waals surface area (Å²) in [5.74, 6) is -0.687. The summed E-state index contributed by atoms with van der Waals surface area (Å²) in [5.41, 5.74) is 2.98. The van der Waals surface area contributed by atoms with Crippen LogP contribution in [0.15, 0.2) is 60.2 Å². The van der Waals surface area contributed by atoms with E-state index in [0.29, 0.717) is 23.6 Å². The molecule has 33 heavy (non-hydrogen) atoms.